The Morgan fingerprint density at radius 1 is 1.17 bits per heavy atom. The van der Waals surface area contributed by atoms with E-state index in [9.17, 15) is 4.79 Å². The zero-order valence-corrected chi connectivity index (χ0v) is 15.3. The van der Waals surface area contributed by atoms with Crippen LogP contribution in [0.25, 0.3) is 10.1 Å². The van der Waals surface area contributed by atoms with E-state index in [1.165, 1.54) is 25.4 Å². The third-order valence-electron chi connectivity index (χ3n) is 4.54. The number of amides is 1. The minimum Gasteiger partial charge on any atom is -0.311 e. The number of aryl methyl sites for hydroxylation is 2. The van der Waals surface area contributed by atoms with Crippen molar-refractivity contribution in [3.63, 3.8) is 0 Å². The van der Waals surface area contributed by atoms with Crippen molar-refractivity contribution >= 4 is 44.8 Å². The molecular formula is C20H19NOS2. The minimum atomic E-state index is 0.212. The van der Waals surface area contributed by atoms with Crippen molar-refractivity contribution < 1.29 is 4.79 Å². The number of carbonyl (C=O) groups is 1. The van der Waals surface area contributed by atoms with Crippen LogP contribution in [0.3, 0.4) is 0 Å². The van der Waals surface area contributed by atoms with Crippen LogP contribution in [0.5, 0.6) is 0 Å². The number of thioether (sulfide) groups is 1. The van der Waals surface area contributed by atoms with E-state index in [1.807, 2.05) is 11.0 Å². The Morgan fingerprint density at radius 2 is 1.96 bits per heavy atom. The van der Waals surface area contributed by atoms with Gasteiger partial charge in [-0.3, -0.25) is 4.79 Å². The SMILES string of the molecule is Cc1c(SCC(=O)N2CCCc3ccccc32)sc2ccccc12. The number of para-hydroxylation sites is 1. The molecule has 4 rings (SSSR count). The quantitative estimate of drug-likeness (QED) is 0.597. The predicted octanol–water partition coefficient (Wildman–Crippen LogP) is 5.28. The fourth-order valence-corrected chi connectivity index (χ4v) is 5.65. The molecule has 1 aliphatic heterocycles. The molecule has 0 aliphatic carbocycles. The van der Waals surface area contributed by atoms with Gasteiger partial charge in [0.15, 0.2) is 0 Å². The first-order chi connectivity index (χ1) is 11.7. The second-order valence-electron chi connectivity index (χ2n) is 6.08. The van der Waals surface area contributed by atoms with Crippen LogP contribution in [0.4, 0.5) is 5.69 Å². The van der Waals surface area contributed by atoms with Crippen LogP contribution in [0.2, 0.25) is 0 Å². The van der Waals surface area contributed by atoms with Gasteiger partial charge in [-0.25, -0.2) is 0 Å². The summed E-state index contributed by atoms with van der Waals surface area (Å²) in [5, 5.41) is 1.31. The van der Waals surface area contributed by atoms with E-state index in [0.717, 1.165) is 25.1 Å². The Labute approximate surface area is 150 Å². The number of carbonyl (C=O) groups excluding carboxylic acids is 1. The number of hydrogen-bond acceptors (Lipinski definition) is 3. The number of thiophene rings is 1. The third-order valence-corrected chi connectivity index (χ3v) is 7.17. The molecule has 0 saturated carbocycles. The fraction of sp³-hybridized carbons (Fsp3) is 0.250. The first-order valence-corrected chi connectivity index (χ1v) is 10.0. The summed E-state index contributed by atoms with van der Waals surface area (Å²) < 4.78 is 2.56. The molecule has 24 heavy (non-hydrogen) atoms. The van der Waals surface area contributed by atoms with Gasteiger partial charge in [0.1, 0.15) is 0 Å². The highest BCUT2D eigenvalue weighted by molar-refractivity contribution is 8.02. The lowest BCUT2D eigenvalue weighted by atomic mass is 10.0. The molecule has 0 unspecified atom stereocenters. The van der Waals surface area contributed by atoms with Crippen molar-refractivity contribution in [1.82, 2.24) is 0 Å². The molecule has 2 heterocycles. The Kier molecular flexibility index (Phi) is 4.33. The zero-order chi connectivity index (χ0) is 16.5. The van der Waals surface area contributed by atoms with Crippen molar-refractivity contribution in [1.29, 1.82) is 0 Å². The predicted molar refractivity (Wildman–Crippen MR) is 104 cm³/mol. The number of benzene rings is 2. The van der Waals surface area contributed by atoms with Crippen LogP contribution < -0.4 is 4.90 Å². The molecule has 0 spiro atoms. The molecule has 3 aromatic rings. The number of hydrogen-bond donors (Lipinski definition) is 0. The van der Waals surface area contributed by atoms with E-state index in [4.69, 9.17) is 0 Å². The minimum absolute atomic E-state index is 0.212. The molecule has 0 atom stereocenters. The number of rotatable bonds is 3. The summed E-state index contributed by atoms with van der Waals surface area (Å²) >= 11 is 3.47. The van der Waals surface area contributed by atoms with Crippen molar-refractivity contribution in [2.24, 2.45) is 0 Å². The second kappa shape index (κ2) is 6.61. The molecule has 1 aliphatic rings. The summed E-state index contributed by atoms with van der Waals surface area (Å²) in [5.74, 6) is 0.714. The lowest BCUT2D eigenvalue weighted by Crippen LogP contribution is -2.36. The topological polar surface area (TPSA) is 20.3 Å². The molecular weight excluding hydrogens is 334 g/mol. The highest BCUT2D eigenvalue weighted by atomic mass is 32.2. The molecule has 0 bridgehead atoms. The molecule has 0 radical (unpaired) electrons. The Bertz CT molecular complexity index is 900. The average molecular weight is 354 g/mol. The van der Waals surface area contributed by atoms with Gasteiger partial charge in [-0.05, 0) is 48.4 Å². The van der Waals surface area contributed by atoms with Gasteiger partial charge >= 0.3 is 0 Å². The molecule has 0 N–H and O–H groups in total. The Morgan fingerprint density at radius 3 is 2.83 bits per heavy atom. The van der Waals surface area contributed by atoms with Gasteiger partial charge in [-0.1, -0.05) is 36.4 Å². The maximum Gasteiger partial charge on any atom is 0.237 e. The molecule has 2 nitrogen and oxygen atoms in total. The van der Waals surface area contributed by atoms with Crippen LogP contribution in [0.15, 0.2) is 52.7 Å². The van der Waals surface area contributed by atoms with Crippen molar-refractivity contribution in [3.05, 3.63) is 59.7 Å². The summed E-state index contributed by atoms with van der Waals surface area (Å²) in [6, 6.07) is 16.7. The lowest BCUT2D eigenvalue weighted by Gasteiger charge is -2.29. The maximum atomic E-state index is 12.8. The summed E-state index contributed by atoms with van der Waals surface area (Å²) in [4.78, 5) is 14.7. The molecule has 2 aromatic carbocycles. The lowest BCUT2D eigenvalue weighted by molar-refractivity contribution is -0.116. The highest BCUT2D eigenvalue weighted by Gasteiger charge is 2.22. The molecule has 0 saturated heterocycles. The fourth-order valence-electron chi connectivity index (χ4n) is 3.29. The Balaban J connectivity index is 1.52. The normalized spacial score (nSPS) is 14.0. The molecule has 0 fully saturated rings. The molecule has 1 aromatic heterocycles. The van der Waals surface area contributed by atoms with E-state index < -0.39 is 0 Å². The van der Waals surface area contributed by atoms with E-state index in [1.54, 1.807) is 23.1 Å². The van der Waals surface area contributed by atoms with E-state index in [0.29, 0.717) is 5.75 Å². The summed E-state index contributed by atoms with van der Waals surface area (Å²) in [5.41, 5.74) is 3.69. The standard InChI is InChI=1S/C20H19NOS2/c1-14-16-9-3-5-11-18(16)24-20(14)23-13-19(22)21-12-6-8-15-7-2-4-10-17(15)21/h2-5,7,9-11H,6,8,12-13H2,1H3. The van der Waals surface area contributed by atoms with E-state index in [2.05, 4.69) is 49.4 Å². The van der Waals surface area contributed by atoms with Crippen molar-refractivity contribution in [2.45, 2.75) is 24.0 Å². The van der Waals surface area contributed by atoms with Gasteiger partial charge in [0.05, 0.1) is 9.96 Å². The largest absolute Gasteiger partial charge is 0.311 e. The highest BCUT2D eigenvalue weighted by Crippen LogP contribution is 2.38. The smallest absolute Gasteiger partial charge is 0.237 e. The molecule has 1 amide bonds. The van der Waals surface area contributed by atoms with Gasteiger partial charge in [0.2, 0.25) is 5.91 Å². The van der Waals surface area contributed by atoms with Crippen molar-refractivity contribution in [3.8, 4) is 0 Å². The van der Waals surface area contributed by atoms with Crippen LogP contribution in [0, 0.1) is 6.92 Å². The molecule has 122 valence electrons. The van der Waals surface area contributed by atoms with Crippen molar-refractivity contribution in [2.75, 3.05) is 17.2 Å². The number of nitrogens with zero attached hydrogens (tertiary/aromatic N) is 1. The van der Waals surface area contributed by atoms with Crippen LogP contribution in [-0.2, 0) is 11.2 Å². The zero-order valence-electron chi connectivity index (χ0n) is 13.6. The summed E-state index contributed by atoms with van der Waals surface area (Å²) in [6.45, 7) is 2.99. The van der Waals surface area contributed by atoms with Crippen LogP contribution >= 0.6 is 23.1 Å². The van der Waals surface area contributed by atoms with Gasteiger partial charge in [0.25, 0.3) is 0 Å². The van der Waals surface area contributed by atoms with Crippen LogP contribution in [0.1, 0.15) is 17.5 Å². The number of anilines is 1. The van der Waals surface area contributed by atoms with Crippen LogP contribution in [-0.4, -0.2) is 18.2 Å². The van der Waals surface area contributed by atoms with Gasteiger partial charge in [-0.2, -0.15) is 0 Å². The average Bonchev–Trinajstić information content (AvgIpc) is 2.95. The molecule has 4 heteroatoms. The maximum absolute atomic E-state index is 12.8. The summed E-state index contributed by atoms with van der Waals surface area (Å²) in [7, 11) is 0. The summed E-state index contributed by atoms with van der Waals surface area (Å²) in [6.07, 6.45) is 2.12. The number of fused-ring (bicyclic) bond motifs is 2. The van der Waals surface area contributed by atoms with Gasteiger partial charge in [-0.15, -0.1) is 23.1 Å². The second-order valence-corrected chi connectivity index (χ2v) is 8.37. The van der Waals surface area contributed by atoms with Gasteiger partial charge in [0, 0.05) is 16.9 Å². The van der Waals surface area contributed by atoms with E-state index in [-0.39, 0.29) is 5.91 Å². The Hall–Kier alpha value is -1.78. The first kappa shape index (κ1) is 15.7. The van der Waals surface area contributed by atoms with Gasteiger partial charge < -0.3 is 4.90 Å². The monoisotopic (exact) mass is 353 g/mol. The third kappa shape index (κ3) is 2.85. The van der Waals surface area contributed by atoms with E-state index >= 15 is 0 Å². The first-order valence-electron chi connectivity index (χ1n) is 8.23.